The molecule has 17 heavy (non-hydrogen) atoms. The quantitative estimate of drug-likeness (QED) is 0.892. The van der Waals surface area contributed by atoms with Crippen LogP contribution in [0.2, 0.25) is 0 Å². The van der Waals surface area contributed by atoms with E-state index >= 15 is 0 Å². The maximum atomic E-state index is 13.4. The van der Waals surface area contributed by atoms with Gasteiger partial charge in [-0.15, -0.1) is 12.4 Å². The van der Waals surface area contributed by atoms with Crippen molar-refractivity contribution in [2.24, 2.45) is 5.73 Å². The first-order valence-electron chi connectivity index (χ1n) is 4.51. The smallest absolute Gasteiger partial charge is 0.134 e. The molecular weight excluding hydrogens is 271 g/mol. The van der Waals surface area contributed by atoms with Crippen molar-refractivity contribution in [2.45, 2.75) is 6.04 Å². The van der Waals surface area contributed by atoms with Gasteiger partial charge in [-0.3, -0.25) is 0 Å². The lowest BCUT2D eigenvalue weighted by Crippen LogP contribution is -2.15. The number of hydrogen-bond acceptors (Lipinski definition) is 2. The van der Waals surface area contributed by atoms with Crippen LogP contribution in [0.5, 0.6) is 0 Å². The molecule has 2 N–H and O–H groups in total. The Bertz CT molecular complexity index is 478. The van der Waals surface area contributed by atoms with E-state index in [-0.39, 0.29) is 18.0 Å². The Labute approximate surface area is 106 Å². The third-order valence-corrected chi connectivity index (χ3v) is 2.96. The van der Waals surface area contributed by atoms with Gasteiger partial charge in [0.25, 0.3) is 0 Å². The monoisotopic (exact) mass is 279 g/mol. The van der Waals surface area contributed by atoms with Gasteiger partial charge in [-0.25, -0.2) is 13.2 Å². The first-order valence-corrected chi connectivity index (χ1v) is 5.46. The van der Waals surface area contributed by atoms with Gasteiger partial charge >= 0.3 is 0 Å². The molecule has 0 aliphatic rings. The number of rotatable bonds is 2. The van der Waals surface area contributed by atoms with Crippen molar-refractivity contribution in [2.75, 3.05) is 0 Å². The molecule has 0 saturated carbocycles. The molecule has 0 amide bonds. The summed E-state index contributed by atoms with van der Waals surface area (Å²) in [6.45, 7) is 0. The number of thiophene rings is 1. The Hall–Kier alpha value is -1.04. The number of hydrogen-bond donors (Lipinski definition) is 1. The lowest BCUT2D eigenvalue weighted by molar-refractivity contribution is 0.515. The highest BCUT2D eigenvalue weighted by Crippen LogP contribution is 2.26. The number of benzene rings is 1. The molecule has 0 saturated heterocycles. The lowest BCUT2D eigenvalue weighted by Gasteiger charge is -2.12. The van der Waals surface area contributed by atoms with Crippen molar-refractivity contribution >= 4 is 23.7 Å². The topological polar surface area (TPSA) is 26.0 Å². The number of halogens is 4. The van der Waals surface area contributed by atoms with Crippen LogP contribution in [0.3, 0.4) is 0 Å². The summed E-state index contributed by atoms with van der Waals surface area (Å²) in [5.41, 5.74) is 6.02. The van der Waals surface area contributed by atoms with E-state index in [1.807, 2.05) is 0 Å². The maximum absolute atomic E-state index is 13.4. The van der Waals surface area contributed by atoms with Crippen LogP contribution in [0.15, 0.2) is 29.0 Å². The summed E-state index contributed by atoms with van der Waals surface area (Å²) in [4.78, 5) is 0. The Morgan fingerprint density at radius 2 is 1.71 bits per heavy atom. The summed E-state index contributed by atoms with van der Waals surface area (Å²) < 4.78 is 39.5. The van der Waals surface area contributed by atoms with E-state index in [0.717, 1.165) is 0 Å². The van der Waals surface area contributed by atoms with Gasteiger partial charge in [0.15, 0.2) is 0 Å². The summed E-state index contributed by atoms with van der Waals surface area (Å²) in [6, 6.07) is 2.03. The van der Waals surface area contributed by atoms with Crippen LogP contribution in [-0.2, 0) is 0 Å². The molecule has 0 unspecified atom stereocenters. The highest BCUT2D eigenvalue weighted by atomic mass is 35.5. The molecule has 1 aromatic carbocycles. The largest absolute Gasteiger partial charge is 0.320 e. The van der Waals surface area contributed by atoms with Crippen molar-refractivity contribution in [1.82, 2.24) is 0 Å². The molecule has 0 aliphatic carbocycles. The van der Waals surface area contributed by atoms with Gasteiger partial charge in [0.2, 0.25) is 0 Å². The molecule has 6 heteroatoms. The molecule has 2 rings (SSSR count). The molecule has 1 aromatic heterocycles. The Balaban J connectivity index is 0.00000144. The van der Waals surface area contributed by atoms with Crippen molar-refractivity contribution in [1.29, 1.82) is 0 Å². The summed E-state index contributed by atoms with van der Waals surface area (Å²) in [7, 11) is 0. The van der Waals surface area contributed by atoms with E-state index < -0.39 is 23.5 Å². The zero-order chi connectivity index (χ0) is 11.7. The molecule has 0 aliphatic heterocycles. The SMILES string of the molecule is Cl.N[C@H](c1ccsc1)c1c(F)cc(F)cc1F. The van der Waals surface area contributed by atoms with Crippen LogP contribution in [0.25, 0.3) is 0 Å². The summed E-state index contributed by atoms with van der Waals surface area (Å²) in [5.74, 6) is -2.87. The molecule has 1 atom stereocenters. The van der Waals surface area contributed by atoms with Gasteiger partial charge in [0.1, 0.15) is 17.5 Å². The summed E-state index contributed by atoms with van der Waals surface area (Å²) in [5, 5.41) is 3.46. The average molecular weight is 280 g/mol. The molecule has 1 nitrogen and oxygen atoms in total. The standard InChI is InChI=1S/C11H8F3NS.ClH/c12-7-3-8(13)10(9(14)4-7)11(15)6-1-2-16-5-6;/h1-5,11H,15H2;1H/t11-;/m1./s1. The summed E-state index contributed by atoms with van der Waals surface area (Å²) >= 11 is 1.38. The fourth-order valence-electron chi connectivity index (χ4n) is 1.47. The Morgan fingerprint density at radius 3 is 2.18 bits per heavy atom. The van der Waals surface area contributed by atoms with Crippen LogP contribution in [-0.4, -0.2) is 0 Å². The zero-order valence-electron chi connectivity index (χ0n) is 8.49. The van der Waals surface area contributed by atoms with Gasteiger partial charge in [0, 0.05) is 17.7 Å². The lowest BCUT2D eigenvalue weighted by atomic mass is 10.0. The molecular formula is C11H9ClF3NS. The molecule has 0 spiro atoms. The van der Waals surface area contributed by atoms with Crippen LogP contribution in [0.4, 0.5) is 13.2 Å². The molecule has 2 aromatic rings. The van der Waals surface area contributed by atoms with E-state index in [0.29, 0.717) is 17.7 Å². The third kappa shape index (κ3) is 2.80. The maximum Gasteiger partial charge on any atom is 0.134 e. The van der Waals surface area contributed by atoms with Crippen LogP contribution in [0, 0.1) is 17.5 Å². The van der Waals surface area contributed by atoms with Gasteiger partial charge in [-0.05, 0) is 22.4 Å². The highest BCUT2D eigenvalue weighted by Gasteiger charge is 2.19. The van der Waals surface area contributed by atoms with E-state index in [4.69, 9.17) is 5.73 Å². The molecule has 0 radical (unpaired) electrons. The predicted molar refractivity (Wildman–Crippen MR) is 63.9 cm³/mol. The van der Waals surface area contributed by atoms with Gasteiger partial charge < -0.3 is 5.73 Å². The van der Waals surface area contributed by atoms with Crippen molar-refractivity contribution in [3.8, 4) is 0 Å². The van der Waals surface area contributed by atoms with E-state index in [1.165, 1.54) is 11.3 Å². The first-order chi connectivity index (χ1) is 7.59. The molecule has 0 bridgehead atoms. The first kappa shape index (κ1) is 14.0. The Kier molecular flexibility index (Phi) is 4.56. The van der Waals surface area contributed by atoms with Gasteiger partial charge in [0.05, 0.1) is 6.04 Å². The molecule has 92 valence electrons. The minimum atomic E-state index is -0.962. The zero-order valence-corrected chi connectivity index (χ0v) is 10.1. The van der Waals surface area contributed by atoms with Crippen molar-refractivity contribution in [3.63, 3.8) is 0 Å². The third-order valence-electron chi connectivity index (χ3n) is 2.26. The predicted octanol–water partition coefficient (Wildman–Crippen LogP) is 3.64. The highest BCUT2D eigenvalue weighted by molar-refractivity contribution is 7.08. The Morgan fingerprint density at radius 1 is 1.12 bits per heavy atom. The van der Waals surface area contributed by atoms with E-state index in [9.17, 15) is 13.2 Å². The fraction of sp³-hybridized carbons (Fsp3) is 0.0909. The van der Waals surface area contributed by atoms with E-state index in [2.05, 4.69) is 0 Å². The average Bonchev–Trinajstić information content (AvgIpc) is 2.67. The fourth-order valence-corrected chi connectivity index (χ4v) is 2.17. The van der Waals surface area contributed by atoms with Crippen LogP contribution < -0.4 is 5.73 Å². The summed E-state index contributed by atoms with van der Waals surface area (Å²) in [6.07, 6.45) is 0. The van der Waals surface area contributed by atoms with Gasteiger partial charge in [-0.1, -0.05) is 0 Å². The van der Waals surface area contributed by atoms with E-state index in [1.54, 1.807) is 16.8 Å². The second kappa shape index (κ2) is 5.53. The molecule has 0 fully saturated rings. The van der Waals surface area contributed by atoms with Gasteiger partial charge in [-0.2, -0.15) is 11.3 Å². The van der Waals surface area contributed by atoms with Crippen LogP contribution >= 0.6 is 23.7 Å². The minimum Gasteiger partial charge on any atom is -0.320 e. The normalized spacial score (nSPS) is 12.0. The van der Waals surface area contributed by atoms with Crippen molar-refractivity contribution < 1.29 is 13.2 Å². The second-order valence-corrected chi connectivity index (χ2v) is 4.10. The van der Waals surface area contributed by atoms with Crippen molar-refractivity contribution in [3.05, 3.63) is 57.5 Å². The molecule has 1 heterocycles. The minimum absolute atomic E-state index is 0. The second-order valence-electron chi connectivity index (χ2n) is 3.32. The number of nitrogens with two attached hydrogens (primary N) is 1. The van der Waals surface area contributed by atoms with Crippen LogP contribution in [0.1, 0.15) is 17.2 Å².